The Hall–Kier alpha value is -2.36. The highest BCUT2D eigenvalue weighted by Gasteiger charge is 2.17. The van der Waals surface area contributed by atoms with Crippen LogP contribution in [0.3, 0.4) is 0 Å². The summed E-state index contributed by atoms with van der Waals surface area (Å²) in [4.78, 5) is 10.4. The van der Waals surface area contributed by atoms with Crippen molar-refractivity contribution in [1.29, 1.82) is 5.26 Å². The number of fused-ring (bicyclic) bond motifs is 1. The van der Waals surface area contributed by atoms with Crippen molar-refractivity contribution in [2.24, 2.45) is 0 Å². The van der Waals surface area contributed by atoms with Gasteiger partial charge < -0.3 is 10.6 Å². The van der Waals surface area contributed by atoms with E-state index in [0.29, 0.717) is 18.6 Å². The Morgan fingerprint density at radius 1 is 1.50 bits per heavy atom. The van der Waals surface area contributed by atoms with Gasteiger partial charge in [-0.05, 0) is 13.8 Å². The second-order valence-corrected chi connectivity index (χ2v) is 4.23. The molecule has 7 nitrogen and oxygen atoms in total. The van der Waals surface area contributed by atoms with Gasteiger partial charge in [0, 0.05) is 12.6 Å². The molecule has 0 spiro atoms. The van der Waals surface area contributed by atoms with E-state index in [1.165, 1.54) is 0 Å². The molecule has 0 aliphatic carbocycles. The fourth-order valence-corrected chi connectivity index (χ4v) is 1.83. The molecule has 0 fully saturated rings. The third kappa shape index (κ3) is 2.18. The average Bonchev–Trinajstić information content (AvgIpc) is 2.76. The lowest BCUT2D eigenvalue weighted by Gasteiger charge is -2.27. The van der Waals surface area contributed by atoms with Crippen LogP contribution in [0.5, 0.6) is 0 Å². The van der Waals surface area contributed by atoms with E-state index in [1.54, 1.807) is 6.20 Å². The summed E-state index contributed by atoms with van der Waals surface area (Å²) in [6.07, 6.45) is 2.10. The first-order valence-corrected chi connectivity index (χ1v) is 5.73. The third-order valence-electron chi connectivity index (χ3n) is 2.67. The van der Waals surface area contributed by atoms with Crippen LogP contribution in [0.15, 0.2) is 6.20 Å². The molecule has 18 heavy (non-hydrogen) atoms. The van der Waals surface area contributed by atoms with Gasteiger partial charge in [-0.3, -0.25) is 5.10 Å². The number of nitrogen functional groups attached to an aromatic ring is 1. The monoisotopic (exact) mass is 245 g/mol. The first-order valence-electron chi connectivity index (χ1n) is 5.73. The van der Waals surface area contributed by atoms with Crippen LogP contribution in [0, 0.1) is 11.3 Å². The minimum Gasteiger partial charge on any atom is -0.368 e. The number of nitrogens with two attached hydrogens (primary N) is 1. The van der Waals surface area contributed by atoms with Gasteiger partial charge in [-0.25, -0.2) is 0 Å². The number of nitrogens with zero attached hydrogens (tertiary/aromatic N) is 5. The standard InChI is InChI=1S/C11H15N7/c1-7(2)18(5-3-4-12)10-8-6-14-17-9(8)15-11(13)16-10/h6-7H,3,5H2,1-2H3,(H3,13,14,15,16,17). The number of nitriles is 1. The van der Waals surface area contributed by atoms with Crippen LogP contribution in [0.25, 0.3) is 11.0 Å². The number of aromatic nitrogens is 4. The fraction of sp³-hybridized carbons (Fsp3) is 0.455. The zero-order valence-corrected chi connectivity index (χ0v) is 10.4. The quantitative estimate of drug-likeness (QED) is 0.834. The van der Waals surface area contributed by atoms with Gasteiger partial charge in [0.05, 0.1) is 24.1 Å². The first kappa shape index (κ1) is 12.1. The molecule has 0 radical (unpaired) electrons. The molecule has 2 heterocycles. The Morgan fingerprint density at radius 2 is 2.28 bits per heavy atom. The minimum absolute atomic E-state index is 0.198. The van der Waals surface area contributed by atoms with Crippen LogP contribution in [0.1, 0.15) is 20.3 Å². The maximum absolute atomic E-state index is 8.72. The Labute approximate surface area is 105 Å². The minimum atomic E-state index is 0.198. The molecular formula is C11H15N7. The smallest absolute Gasteiger partial charge is 0.224 e. The summed E-state index contributed by atoms with van der Waals surface area (Å²) in [5.41, 5.74) is 6.30. The van der Waals surface area contributed by atoms with Crippen LogP contribution < -0.4 is 10.6 Å². The Morgan fingerprint density at radius 3 is 2.94 bits per heavy atom. The summed E-state index contributed by atoms with van der Waals surface area (Å²) in [6.45, 7) is 4.69. The molecule has 0 amide bonds. The van der Waals surface area contributed by atoms with Crippen LogP contribution in [0.2, 0.25) is 0 Å². The molecule has 0 aromatic carbocycles. The lowest BCUT2D eigenvalue weighted by Crippen LogP contribution is -2.32. The SMILES string of the molecule is CC(C)N(CCC#N)c1nc(N)nc2[nH]ncc12. The normalized spacial score (nSPS) is 10.8. The predicted octanol–water partition coefficient (Wildman–Crippen LogP) is 1.06. The van der Waals surface area contributed by atoms with E-state index in [0.717, 1.165) is 11.2 Å². The van der Waals surface area contributed by atoms with Crippen molar-refractivity contribution < 1.29 is 0 Å². The molecule has 0 bridgehead atoms. The lowest BCUT2D eigenvalue weighted by molar-refractivity contribution is 0.680. The Kier molecular flexibility index (Phi) is 3.28. The fourth-order valence-electron chi connectivity index (χ4n) is 1.83. The van der Waals surface area contributed by atoms with Gasteiger partial charge >= 0.3 is 0 Å². The largest absolute Gasteiger partial charge is 0.368 e. The number of aromatic amines is 1. The molecule has 0 aliphatic heterocycles. The summed E-state index contributed by atoms with van der Waals surface area (Å²) >= 11 is 0. The van der Waals surface area contributed by atoms with Crippen molar-refractivity contribution in [3.63, 3.8) is 0 Å². The van der Waals surface area contributed by atoms with E-state index < -0.39 is 0 Å². The highest BCUT2D eigenvalue weighted by atomic mass is 15.3. The van der Waals surface area contributed by atoms with Crippen molar-refractivity contribution in [2.45, 2.75) is 26.3 Å². The highest BCUT2D eigenvalue weighted by Crippen LogP contribution is 2.24. The maximum Gasteiger partial charge on any atom is 0.224 e. The third-order valence-corrected chi connectivity index (χ3v) is 2.67. The van der Waals surface area contributed by atoms with Crippen molar-refractivity contribution in [3.8, 4) is 6.07 Å². The molecule has 94 valence electrons. The zero-order chi connectivity index (χ0) is 13.1. The molecule has 0 unspecified atom stereocenters. The number of anilines is 2. The molecule has 2 rings (SSSR count). The molecule has 0 saturated carbocycles. The van der Waals surface area contributed by atoms with Gasteiger partial charge in [0.15, 0.2) is 5.65 Å². The molecule has 0 saturated heterocycles. The van der Waals surface area contributed by atoms with E-state index in [9.17, 15) is 0 Å². The van der Waals surface area contributed by atoms with Crippen LogP contribution in [0.4, 0.5) is 11.8 Å². The zero-order valence-electron chi connectivity index (χ0n) is 10.4. The van der Waals surface area contributed by atoms with Crippen LogP contribution in [-0.4, -0.2) is 32.8 Å². The van der Waals surface area contributed by atoms with E-state index >= 15 is 0 Å². The first-order chi connectivity index (χ1) is 8.63. The molecule has 2 aromatic heterocycles. The summed E-state index contributed by atoms with van der Waals surface area (Å²) in [5, 5.41) is 16.3. The molecule has 3 N–H and O–H groups in total. The van der Waals surface area contributed by atoms with Gasteiger partial charge in [-0.1, -0.05) is 0 Å². The van der Waals surface area contributed by atoms with Gasteiger partial charge in [-0.2, -0.15) is 20.3 Å². The predicted molar refractivity (Wildman–Crippen MR) is 68.8 cm³/mol. The van der Waals surface area contributed by atoms with Gasteiger partial charge in [0.2, 0.25) is 5.95 Å². The number of hydrogen-bond acceptors (Lipinski definition) is 6. The summed E-state index contributed by atoms with van der Waals surface area (Å²) in [6, 6.07) is 2.35. The highest BCUT2D eigenvalue weighted by molar-refractivity contribution is 5.87. The molecule has 7 heteroatoms. The van der Waals surface area contributed by atoms with E-state index in [2.05, 4.69) is 26.2 Å². The van der Waals surface area contributed by atoms with Crippen molar-refractivity contribution in [3.05, 3.63) is 6.20 Å². The van der Waals surface area contributed by atoms with Gasteiger partial charge in [0.1, 0.15) is 5.82 Å². The Bertz CT molecular complexity index is 581. The van der Waals surface area contributed by atoms with E-state index in [1.807, 2.05) is 18.7 Å². The molecular weight excluding hydrogens is 230 g/mol. The summed E-state index contributed by atoms with van der Waals surface area (Å²) < 4.78 is 0. The lowest BCUT2D eigenvalue weighted by atomic mass is 10.2. The topological polar surface area (TPSA) is 108 Å². The molecule has 2 aromatic rings. The van der Waals surface area contributed by atoms with Crippen molar-refractivity contribution in [2.75, 3.05) is 17.2 Å². The van der Waals surface area contributed by atoms with Crippen LogP contribution >= 0.6 is 0 Å². The van der Waals surface area contributed by atoms with Crippen molar-refractivity contribution >= 4 is 22.8 Å². The number of nitrogens with one attached hydrogen (secondary N) is 1. The number of hydrogen-bond donors (Lipinski definition) is 2. The second kappa shape index (κ2) is 4.87. The summed E-state index contributed by atoms with van der Waals surface area (Å²) in [7, 11) is 0. The van der Waals surface area contributed by atoms with E-state index in [4.69, 9.17) is 11.0 Å². The molecule has 0 atom stereocenters. The van der Waals surface area contributed by atoms with Crippen molar-refractivity contribution in [1.82, 2.24) is 20.2 Å². The maximum atomic E-state index is 8.72. The Balaban J connectivity index is 2.49. The second-order valence-electron chi connectivity index (χ2n) is 4.23. The van der Waals surface area contributed by atoms with Crippen LogP contribution in [-0.2, 0) is 0 Å². The number of H-pyrrole nitrogens is 1. The molecule has 0 aliphatic rings. The summed E-state index contributed by atoms with van der Waals surface area (Å²) in [5.74, 6) is 0.917. The average molecular weight is 245 g/mol. The van der Waals surface area contributed by atoms with Gasteiger partial charge in [0.25, 0.3) is 0 Å². The number of rotatable bonds is 4. The van der Waals surface area contributed by atoms with Gasteiger partial charge in [-0.15, -0.1) is 0 Å². The van der Waals surface area contributed by atoms with E-state index in [-0.39, 0.29) is 12.0 Å².